The summed E-state index contributed by atoms with van der Waals surface area (Å²) < 4.78 is 6.94. The van der Waals surface area contributed by atoms with Crippen LogP contribution in [0.4, 0.5) is 0 Å². The quantitative estimate of drug-likeness (QED) is 0.585. The van der Waals surface area contributed by atoms with Crippen LogP contribution >= 0.6 is 23.1 Å². The van der Waals surface area contributed by atoms with E-state index in [4.69, 9.17) is 4.42 Å². The van der Waals surface area contributed by atoms with E-state index in [0.717, 1.165) is 51.8 Å². The molecule has 4 rings (SSSR count). The van der Waals surface area contributed by atoms with Gasteiger partial charge in [0.1, 0.15) is 10.6 Å². The van der Waals surface area contributed by atoms with Crippen LogP contribution in [0.25, 0.3) is 11.0 Å². The number of carbonyl (C=O) groups excluding carboxylic acids is 1. The Bertz CT molecular complexity index is 974. The van der Waals surface area contributed by atoms with Gasteiger partial charge < -0.3 is 14.2 Å². The summed E-state index contributed by atoms with van der Waals surface area (Å²) in [7, 11) is 4.21. The molecule has 8 heteroatoms. The predicted molar refractivity (Wildman–Crippen MR) is 113 cm³/mol. The summed E-state index contributed by atoms with van der Waals surface area (Å²) in [6.45, 7) is 3.48. The van der Waals surface area contributed by atoms with Gasteiger partial charge in [-0.2, -0.15) is 0 Å². The lowest BCUT2D eigenvalue weighted by atomic mass is 10.0. The number of thioether (sulfide) groups is 1. The Morgan fingerprint density at radius 1 is 1.29 bits per heavy atom. The fourth-order valence-electron chi connectivity index (χ4n) is 3.61. The maximum absolute atomic E-state index is 13.3. The molecule has 28 heavy (non-hydrogen) atoms. The number of aromatic nitrogens is 2. The zero-order valence-electron chi connectivity index (χ0n) is 16.3. The van der Waals surface area contributed by atoms with E-state index in [2.05, 4.69) is 29.2 Å². The molecule has 148 valence electrons. The number of hydrogen-bond acceptors (Lipinski definition) is 7. The van der Waals surface area contributed by atoms with Crippen LogP contribution < -0.4 is 0 Å². The Kier molecular flexibility index (Phi) is 5.70. The van der Waals surface area contributed by atoms with Crippen LogP contribution in [0.1, 0.15) is 34.0 Å². The Hall–Kier alpha value is -1.90. The summed E-state index contributed by atoms with van der Waals surface area (Å²) in [5.41, 5.74) is 1.71. The minimum atomic E-state index is -0.00236. The van der Waals surface area contributed by atoms with E-state index in [1.54, 1.807) is 23.1 Å². The number of para-hydroxylation sites is 1. The highest BCUT2D eigenvalue weighted by molar-refractivity contribution is 8.00. The predicted octanol–water partition coefficient (Wildman–Crippen LogP) is 4.05. The van der Waals surface area contributed by atoms with Crippen molar-refractivity contribution in [1.29, 1.82) is 0 Å². The zero-order chi connectivity index (χ0) is 19.7. The van der Waals surface area contributed by atoms with Crippen LogP contribution in [-0.2, 0) is 5.75 Å². The van der Waals surface area contributed by atoms with Crippen LogP contribution in [-0.4, -0.2) is 59.1 Å². The van der Waals surface area contributed by atoms with Crippen molar-refractivity contribution in [1.82, 2.24) is 20.0 Å². The van der Waals surface area contributed by atoms with Gasteiger partial charge in [-0.15, -0.1) is 10.2 Å². The van der Waals surface area contributed by atoms with Gasteiger partial charge in [0.15, 0.2) is 10.1 Å². The number of benzene rings is 1. The molecule has 0 saturated carbocycles. The van der Waals surface area contributed by atoms with Crippen molar-refractivity contribution in [2.45, 2.75) is 35.9 Å². The van der Waals surface area contributed by atoms with Crippen LogP contribution in [0.5, 0.6) is 0 Å². The minimum absolute atomic E-state index is 0.00236. The fourth-order valence-corrected chi connectivity index (χ4v) is 5.46. The van der Waals surface area contributed by atoms with Crippen LogP contribution in [0.2, 0.25) is 0 Å². The molecular weight excluding hydrogens is 392 g/mol. The highest BCUT2D eigenvalue weighted by Crippen LogP contribution is 2.34. The van der Waals surface area contributed by atoms with Crippen molar-refractivity contribution >= 4 is 40.0 Å². The number of likely N-dealkylation sites (tertiary alicyclic amines) is 1. The van der Waals surface area contributed by atoms with Crippen molar-refractivity contribution in [3.05, 3.63) is 40.6 Å². The number of aryl methyl sites for hydroxylation is 1. The van der Waals surface area contributed by atoms with Crippen molar-refractivity contribution in [3.8, 4) is 0 Å². The molecule has 1 aliphatic rings. The molecule has 2 aromatic heterocycles. The highest BCUT2D eigenvalue weighted by Gasteiger charge is 2.29. The topological polar surface area (TPSA) is 62.5 Å². The maximum atomic E-state index is 13.3. The molecule has 0 aliphatic carbocycles. The van der Waals surface area contributed by atoms with Crippen molar-refractivity contribution < 1.29 is 9.21 Å². The zero-order valence-corrected chi connectivity index (χ0v) is 18.0. The number of hydrogen-bond donors (Lipinski definition) is 0. The van der Waals surface area contributed by atoms with Gasteiger partial charge in [0.2, 0.25) is 0 Å². The first-order valence-electron chi connectivity index (χ1n) is 9.42. The molecule has 3 heterocycles. The lowest BCUT2D eigenvalue weighted by Gasteiger charge is -2.34. The number of nitrogens with zero attached hydrogens (tertiary/aromatic N) is 4. The molecule has 3 aromatic rings. The highest BCUT2D eigenvalue weighted by atomic mass is 32.2. The molecule has 1 saturated heterocycles. The first kappa shape index (κ1) is 19.4. The van der Waals surface area contributed by atoms with E-state index < -0.39 is 0 Å². The fraction of sp³-hybridized carbons (Fsp3) is 0.450. The third kappa shape index (κ3) is 3.94. The van der Waals surface area contributed by atoms with E-state index in [9.17, 15) is 4.79 Å². The lowest BCUT2D eigenvalue weighted by Crippen LogP contribution is -2.44. The van der Waals surface area contributed by atoms with Crippen molar-refractivity contribution in [2.24, 2.45) is 0 Å². The van der Waals surface area contributed by atoms with Gasteiger partial charge in [0.05, 0.1) is 0 Å². The smallest absolute Gasteiger partial charge is 0.289 e. The number of piperidine rings is 1. The average Bonchev–Trinajstić information content (AvgIpc) is 3.29. The molecule has 6 nitrogen and oxygen atoms in total. The summed E-state index contributed by atoms with van der Waals surface area (Å²) in [6.07, 6.45) is 1.99. The van der Waals surface area contributed by atoms with E-state index in [-0.39, 0.29) is 5.91 Å². The van der Waals surface area contributed by atoms with Crippen molar-refractivity contribution in [2.75, 3.05) is 27.2 Å². The molecule has 0 unspecified atom stereocenters. The second-order valence-electron chi connectivity index (χ2n) is 7.27. The summed E-state index contributed by atoms with van der Waals surface area (Å²) >= 11 is 3.17. The Morgan fingerprint density at radius 2 is 2.04 bits per heavy atom. The first-order valence-corrected chi connectivity index (χ1v) is 11.2. The van der Waals surface area contributed by atoms with Gasteiger partial charge >= 0.3 is 0 Å². The summed E-state index contributed by atoms with van der Waals surface area (Å²) in [6, 6.07) is 8.41. The number of furan rings is 1. The number of rotatable bonds is 5. The molecule has 1 fully saturated rings. The van der Waals surface area contributed by atoms with E-state index in [1.807, 2.05) is 36.1 Å². The standard InChI is InChI=1S/C20H24N4O2S2/c1-13-21-22-20(28-13)27-12-16-15-6-4-5-7-17(15)26-18(16)19(25)24-10-8-14(9-11-24)23(2)3/h4-7,14H,8-12H2,1-3H3. The first-order chi connectivity index (χ1) is 13.5. The number of carbonyl (C=O) groups is 1. The minimum Gasteiger partial charge on any atom is -0.451 e. The second kappa shape index (κ2) is 8.23. The summed E-state index contributed by atoms with van der Waals surface area (Å²) in [4.78, 5) is 17.4. The van der Waals surface area contributed by atoms with Crippen LogP contribution in [0.15, 0.2) is 33.0 Å². The van der Waals surface area contributed by atoms with Crippen LogP contribution in [0.3, 0.4) is 0 Å². The molecule has 0 spiro atoms. The number of amides is 1. The third-order valence-corrected chi connectivity index (χ3v) is 7.22. The maximum Gasteiger partial charge on any atom is 0.289 e. The summed E-state index contributed by atoms with van der Waals surface area (Å²) in [5.74, 6) is 1.11. The lowest BCUT2D eigenvalue weighted by molar-refractivity contribution is 0.0633. The van der Waals surface area contributed by atoms with Gasteiger partial charge in [0, 0.05) is 35.8 Å². The van der Waals surface area contributed by atoms with Crippen molar-refractivity contribution in [3.63, 3.8) is 0 Å². The molecule has 0 radical (unpaired) electrons. The average molecular weight is 417 g/mol. The Labute approximate surface area is 172 Å². The molecule has 0 N–H and O–H groups in total. The van der Waals surface area contributed by atoms with E-state index >= 15 is 0 Å². The van der Waals surface area contributed by atoms with Gasteiger partial charge in [-0.1, -0.05) is 41.3 Å². The second-order valence-corrected chi connectivity index (χ2v) is 9.67. The summed E-state index contributed by atoms with van der Waals surface area (Å²) in [5, 5.41) is 10.2. The Morgan fingerprint density at radius 3 is 2.71 bits per heavy atom. The normalized spacial score (nSPS) is 15.6. The van der Waals surface area contributed by atoms with Crippen LogP contribution in [0, 0.1) is 6.92 Å². The van der Waals surface area contributed by atoms with E-state index in [0.29, 0.717) is 17.6 Å². The molecule has 1 amide bonds. The Balaban J connectivity index is 1.58. The monoisotopic (exact) mass is 416 g/mol. The molecular formula is C20H24N4O2S2. The van der Waals surface area contributed by atoms with Gasteiger partial charge in [-0.05, 0) is 39.9 Å². The largest absolute Gasteiger partial charge is 0.451 e. The SMILES string of the molecule is Cc1nnc(SCc2c(C(=O)N3CCC(N(C)C)CC3)oc3ccccc23)s1. The molecule has 0 atom stereocenters. The third-order valence-electron chi connectivity index (χ3n) is 5.22. The van der Waals surface area contributed by atoms with E-state index in [1.165, 1.54) is 0 Å². The molecule has 1 aliphatic heterocycles. The van der Waals surface area contributed by atoms with Gasteiger partial charge in [-0.3, -0.25) is 4.79 Å². The van der Waals surface area contributed by atoms with Gasteiger partial charge in [-0.25, -0.2) is 0 Å². The molecule has 1 aromatic carbocycles. The molecule has 0 bridgehead atoms. The number of fused-ring (bicyclic) bond motifs is 1. The van der Waals surface area contributed by atoms with Gasteiger partial charge in [0.25, 0.3) is 5.91 Å².